The fourth-order valence-corrected chi connectivity index (χ4v) is 11.9. The zero-order valence-electron chi connectivity index (χ0n) is 52.1. The van der Waals surface area contributed by atoms with Gasteiger partial charge in [-0.15, -0.1) is 0 Å². The summed E-state index contributed by atoms with van der Waals surface area (Å²) in [6.07, 6.45) is 4.80. The molecule has 5 aromatic rings. The molecule has 4 amide bonds. The van der Waals surface area contributed by atoms with E-state index in [1.807, 2.05) is 0 Å². The number of benzene rings is 3. The first-order chi connectivity index (χ1) is 45.5. The van der Waals surface area contributed by atoms with Crippen molar-refractivity contribution in [3.63, 3.8) is 0 Å². The van der Waals surface area contributed by atoms with Gasteiger partial charge >= 0.3 is 30.0 Å². The molecule has 1 fully saturated rings. The summed E-state index contributed by atoms with van der Waals surface area (Å²) in [4.78, 5) is 110. The average Bonchev–Trinajstić information content (AvgIpc) is 1.81. The molecule has 12 N–H and O–H groups in total. The Kier molecular flexibility index (Phi) is 30.6. The molecule has 0 spiro atoms. The topological polar surface area (TPSA) is 465 Å². The van der Waals surface area contributed by atoms with E-state index in [-0.39, 0.29) is 153 Å². The summed E-state index contributed by atoms with van der Waals surface area (Å²) in [5.74, 6) is -6.25. The Morgan fingerprint density at radius 3 is 1.68 bits per heavy atom. The Bertz CT molecular complexity index is 3550. The van der Waals surface area contributed by atoms with Crippen LogP contribution in [0.4, 0.5) is 10.7 Å². The minimum absolute atomic E-state index is 0.00768. The molecule has 0 unspecified atom stereocenters. The van der Waals surface area contributed by atoms with Crippen LogP contribution in [0.15, 0.2) is 95.1 Å². The molecule has 520 valence electrons. The van der Waals surface area contributed by atoms with Gasteiger partial charge in [0.05, 0.1) is 67.6 Å². The van der Waals surface area contributed by atoms with E-state index in [0.717, 1.165) is 16.8 Å². The first kappa shape index (κ1) is 75.3. The summed E-state index contributed by atoms with van der Waals surface area (Å²) in [6, 6.07) is 13.2. The van der Waals surface area contributed by atoms with Gasteiger partial charge in [-0.1, -0.05) is 24.3 Å². The third kappa shape index (κ3) is 26.5. The van der Waals surface area contributed by atoms with Crippen LogP contribution in [-0.2, 0) is 69.6 Å². The summed E-state index contributed by atoms with van der Waals surface area (Å²) in [6.45, 7) is 1.89. The normalized spacial score (nSPS) is 14.6. The maximum absolute atomic E-state index is 13.3. The number of aromatic amines is 1. The number of carbonyl (C=O) groups is 8. The van der Waals surface area contributed by atoms with E-state index in [1.54, 1.807) is 63.4 Å². The summed E-state index contributed by atoms with van der Waals surface area (Å²) in [5, 5.41) is 64.0. The molecule has 0 aliphatic carbocycles. The number of ether oxygens (including phenoxy) is 3. The number of aliphatic carboxylic acids is 4. The highest BCUT2D eigenvalue weighted by atomic mass is 32.2. The predicted molar refractivity (Wildman–Crippen MR) is 340 cm³/mol. The number of carbonyl (C=O) groups excluding carboxylic acids is 3. The number of hydrogen-bond acceptors (Lipinski definition) is 21. The molecule has 3 aromatic carbocycles. The highest BCUT2D eigenvalue weighted by Gasteiger charge is 2.28. The van der Waals surface area contributed by atoms with E-state index in [4.69, 9.17) is 14.2 Å². The number of imidazole rings is 1. The van der Waals surface area contributed by atoms with E-state index in [1.165, 1.54) is 41.3 Å². The van der Waals surface area contributed by atoms with Crippen molar-refractivity contribution in [2.24, 2.45) is 0 Å². The lowest BCUT2D eigenvalue weighted by Gasteiger charge is -2.32. The average molecular weight is 1370 g/mol. The standard InChI is InChI=1S/C59H82N14O20S2/c74-51(15-13-48(56(81)82)67-52(75)39-69-22-23-70(40-53(76)77)24-25-71(41-54(78)79)27-29-72(28-26-69)59(85)86)60-17-2-30-91-32-34-93-35-33-92-31-3-18-66-94(87,88)46-9-4-42(5-10-46)43-6-11-47(12-7-43)95(89,90)68-49(57(83)84)38-64-55(80)44-8-14-50-45(36-44)37-65-73(50)21-1-16-61-58-62-19-20-63-58/h4-12,14,19-20,36-37,48-49,66,68H,1-3,13,15-18,21-35,38-41H2,(H,60,74)(H,64,80)(H,67,75)(H,76,77)(H,78,79)(H,81,82)(H,83,84)(H,85,86)(H2,61,62,63)/t48-,49-/m0/s1. The number of aromatic nitrogens is 4. The zero-order chi connectivity index (χ0) is 68.8. The summed E-state index contributed by atoms with van der Waals surface area (Å²) in [7, 11) is -8.29. The molecule has 0 saturated carbocycles. The van der Waals surface area contributed by atoms with Gasteiger partial charge in [0.1, 0.15) is 12.1 Å². The van der Waals surface area contributed by atoms with Crippen LogP contribution in [0.25, 0.3) is 22.0 Å². The molecule has 1 saturated heterocycles. The van der Waals surface area contributed by atoms with Gasteiger partial charge < -0.3 is 70.9 Å². The number of amides is 4. The van der Waals surface area contributed by atoms with E-state index in [2.05, 4.69) is 45.8 Å². The Hall–Kier alpha value is -8.72. The number of hydrogen-bond donors (Lipinski definition) is 12. The van der Waals surface area contributed by atoms with Gasteiger partial charge in [0.15, 0.2) is 5.95 Å². The maximum Gasteiger partial charge on any atom is 0.407 e. The second-order valence-corrected chi connectivity index (χ2v) is 25.3. The zero-order valence-corrected chi connectivity index (χ0v) is 53.8. The lowest BCUT2D eigenvalue weighted by atomic mass is 10.1. The SMILES string of the molecule is O=C(O)CN1CCN(CC(=O)O)CCN(C(=O)O)CCN(CC(=O)N[C@@H](CCC(=O)NCCCOCCOCCOCCCNS(=O)(=O)c2ccc(-c3ccc(S(=O)(=O)N[C@@H](CNC(=O)c4ccc5c(cnn5CCCNc5ncc[nH]5)c4)C(=O)O)cc3)cc2)C(=O)O)CC1. The number of H-pyrrole nitrogens is 1. The lowest BCUT2D eigenvalue weighted by molar-refractivity contribution is -0.142. The maximum atomic E-state index is 13.3. The number of fused-ring (bicyclic) bond motifs is 1. The fourth-order valence-electron chi connectivity index (χ4n) is 9.65. The fraction of sp³-hybridized carbons (Fsp3) is 0.492. The van der Waals surface area contributed by atoms with Crippen LogP contribution < -0.4 is 30.7 Å². The number of sulfonamides is 2. The van der Waals surface area contributed by atoms with Crippen molar-refractivity contribution in [1.82, 2.24) is 64.7 Å². The highest BCUT2D eigenvalue weighted by molar-refractivity contribution is 7.89. The van der Waals surface area contributed by atoms with E-state index in [0.29, 0.717) is 48.4 Å². The Balaban J connectivity index is 0.791. The molecule has 36 heteroatoms. The van der Waals surface area contributed by atoms with Crippen molar-refractivity contribution in [1.29, 1.82) is 0 Å². The van der Waals surface area contributed by atoms with Gasteiger partial charge in [0.2, 0.25) is 31.9 Å². The molecule has 1 aliphatic rings. The van der Waals surface area contributed by atoms with Gasteiger partial charge in [0.25, 0.3) is 5.91 Å². The molecule has 95 heavy (non-hydrogen) atoms. The van der Waals surface area contributed by atoms with Gasteiger partial charge in [0, 0.05) is 128 Å². The summed E-state index contributed by atoms with van der Waals surface area (Å²) >= 11 is 0. The monoisotopic (exact) mass is 1370 g/mol. The van der Waals surface area contributed by atoms with Gasteiger partial charge in [-0.05, 0) is 79.3 Å². The molecule has 0 bridgehead atoms. The molecule has 3 heterocycles. The Morgan fingerprint density at radius 1 is 0.589 bits per heavy atom. The number of carboxylic acids is 4. The Labute approximate surface area is 547 Å². The largest absolute Gasteiger partial charge is 0.480 e. The molecular formula is C59H82N14O20S2. The highest BCUT2D eigenvalue weighted by Crippen LogP contribution is 2.24. The molecule has 6 rings (SSSR count). The number of nitrogens with zero attached hydrogens (tertiary/aromatic N) is 7. The minimum atomic E-state index is -4.39. The number of aryl methyl sites for hydroxylation is 1. The predicted octanol–water partition coefficient (Wildman–Crippen LogP) is -0.267. The molecular weight excluding hydrogens is 1290 g/mol. The second-order valence-electron chi connectivity index (χ2n) is 21.8. The van der Waals surface area contributed by atoms with Crippen LogP contribution >= 0.6 is 0 Å². The first-order valence-corrected chi connectivity index (χ1v) is 33.5. The molecule has 0 radical (unpaired) electrons. The molecule has 2 atom stereocenters. The number of rotatable bonds is 40. The Morgan fingerprint density at radius 2 is 1.14 bits per heavy atom. The summed E-state index contributed by atoms with van der Waals surface area (Å²) in [5.41, 5.74) is 2.13. The van der Waals surface area contributed by atoms with Gasteiger partial charge in [-0.25, -0.2) is 36.1 Å². The third-order valence-electron chi connectivity index (χ3n) is 14.7. The molecule has 34 nitrogen and oxygen atoms in total. The second kappa shape index (κ2) is 38.6. The van der Waals surface area contributed by atoms with E-state index >= 15 is 0 Å². The van der Waals surface area contributed by atoms with Crippen LogP contribution in [0, 0.1) is 0 Å². The van der Waals surface area contributed by atoms with Crippen LogP contribution in [0.1, 0.15) is 42.5 Å². The number of nitrogens with one attached hydrogen (secondary N) is 7. The van der Waals surface area contributed by atoms with Crippen LogP contribution in [0.5, 0.6) is 0 Å². The van der Waals surface area contributed by atoms with Crippen LogP contribution in [0.2, 0.25) is 0 Å². The van der Waals surface area contributed by atoms with Gasteiger partial charge in [-0.3, -0.25) is 48.1 Å². The number of anilines is 1. The van der Waals surface area contributed by atoms with Crippen LogP contribution in [0.3, 0.4) is 0 Å². The van der Waals surface area contributed by atoms with Crippen molar-refractivity contribution >= 4 is 84.6 Å². The van der Waals surface area contributed by atoms with Crippen LogP contribution in [-0.4, -0.2) is 279 Å². The van der Waals surface area contributed by atoms with Crippen molar-refractivity contribution in [2.75, 3.05) is 143 Å². The molecule has 1 aliphatic heterocycles. The minimum Gasteiger partial charge on any atom is -0.480 e. The third-order valence-corrected chi connectivity index (χ3v) is 17.7. The quantitative estimate of drug-likeness (QED) is 0.0225. The first-order valence-electron chi connectivity index (χ1n) is 30.5. The van der Waals surface area contributed by atoms with Gasteiger partial charge in [-0.2, -0.15) is 9.82 Å². The summed E-state index contributed by atoms with van der Waals surface area (Å²) < 4.78 is 75.7. The van der Waals surface area contributed by atoms with Crippen molar-refractivity contribution in [3.8, 4) is 11.1 Å². The van der Waals surface area contributed by atoms with Crippen molar-refractivity contribution in [2.45, 2.75) is 60.5 Å². The van der Waals surface area contributed by atoms with Crippen molar-refractivity contribution in [3.05, 3.63) is 90.9 Å². The van der Waals surface area contributed by atoms with E-state index in [9.17, 15) is 80.7 Å². The lowest BCUT2D eigenvalue weighted by Crippen LogP contribution is -2.51. The number of carboxylic acid groups (broad SMARTS) is 5. The smallest absolute Gasteiger partial charge is 0.407 e. The van der Waals surface area contributed by atoms with E-state index < -0.39 is 86.4 Å². The van der Waals surface area contributed by atoms with Crippen molar-refractivity contribution < 1.29 is 94.9 Å². The molecule has 2 aromatic heterocycles.